The van der Waals surface area contributed by atoms with Gasteiger partial charge in [-0.3, -0.25) is 0 Å². The Kier molecular flexibility index (Phi) is 3.90. The molecule has 94 valence electrons. The lowest BCUT2D eigenvalue weighted by atomic mass is 10.1. The van der Waals surface area contributed by atoms with Crippen molar-refractivity contribution < 1.29 is 8.42 Å². The van der Waals surface area contributed by atoms with Crippen LogP contribution in [0.4, 0.5) is 0 Å². The number of halogens is 1. The number of nitrogens with zero attached hydrogens (tertiary/aromatic N) is 1. The van der Waals surface area contributed by atoms with Crippen LogP contribution in [0, 0.1) is 0 Å². The molecule has 1 aromatic rings. The summed E-state index contributed by atoms with van der Waals surface area (Å²) in [7, 11) is -3.06. The molecular weight excluding hydrogens is 302 g/mol. The Morgan fingerprint density at radius 2 is 2.00 bits per heavy atom. The lowest BCUT2D eigenvalue weighted by Crippen LogP contribution is -2.35. The van der Waals surface area contributed by atoms with Crippen molar-refractivity contribution in [3.8, 4) is 0 Å². The number of benzene rings is 1. The molecule has 5 heteroatoms. The van der Waals surface area contributed by atoms with Crippen molar-refractivity contribution in [1.29, 1.82) is 0 Å². The van der Waals surface area contributed by atoms with E-state index in [1.54, 1.807) is 4.31 Å². The SMILES string of the molecule is CS(=O)(=O)N1CCC[C@H]1Cc1ccc(Br)cc1. The summed E-state index contributed by atoms with van der Waals surface area (Å²) in [5.41, 5.74) is 1.19. The zero-order valence-electron chi connectivity index (χ0n) is 9.77. The summed E-state index contributed by atoms with van der Waals surface area (Å²) in [5, 5.41) is 0. The van der Waals surface area contributed by atoms with Crippen molar-refractivity contribution in [1.82, 2.24) is 4.31 Å². The molecule has 0 aliphatic carbocycles. The minimum absolute atomic E-state index is 0.131. The summed E-state index contributed by atoms with van der Waals surface area (Å²) in [6.07, 6.45) is 4.03. The minimum Gasteiger partial charge on any atom is -0.212 e. The average molecular weight is 318 g/mol. The maximum absolute atomic E-state index is 11.6. The van der Waals surface area contributed by atoms with Crippen LogP contribution in [0.15, 0.2) is 28.7 Å². The third kappa shape index (κ3) is 3.30. The summed E-state index contributed by atoms with van der Waals surface area (Å²) in [5.74, 6) is 0. The second-order valence-corrected chi connectivity index (χ2v) is 7.35. The summed E-state index contributed by atoms with van der Waals surface area (Å²) >= 11 is 3.40. The highest BCUT2D eigenvalue weighted by Gasteiger charge is 2.31. The van der Waals surface area contributed by atoms with Gasteiger partial charge >= 0.3 is 0 Å². The molecule has 1 aromatic carbocycles. The molecule has 2 rings (SSSR count). The molecular formula is C12H16BrNO2S. The zero-order valence-corrected chi connectivity index (χ0v) is 12.2. The second-order valence-electron chi connectivity index (χ2n) is 4.50. The molecule has 0 saturated carbocycles. The quantitative estimate of drug-likeness (QED) is 0.858. The van der Waals surface area contributed by atoms with E-state index in [1.807, 2.05) is 24.3 Å². The normalized spacial score (nSPS) is 21.9. The van der Waals surface area contributed by atoms with E-state index in [0.29, 0.717) is 6.54 Å². The number of sulfonamides is 1. The fourth-order valence-electron chi connectivity index (χ4n) is 2.34. The molecule has 0 spiro atoms. The van der Waals surface area contributed by atoms with Gasteiger partial charge in [-0.05, 0) is 37.0 Å². The Bertz CT molecular complexity index is 484. The molecule has 0 bridgehead atoms. The molecule has 1 fully saturated rings. The smallest absolute Gasteiger partial charge is 0.211 e. The Labute approximate surface area is 111 Å². The van der Waals surface area contributed by atoms with Crippen LogP contribution in [0.25, 0.3) is 0 Å². The number of hydrogen-bond acceptors (Lipinski definition) is 2. The van der Waals surface area contributed by atoms with E-state index in [-0.39, 0.29) is 6.04 Å². The van der Waals surface area contributed by atoms with Gasteiger partial charge in [-0.15, -0.1) is 0 Å². The van der Waals surface area contributed by atoms with Crippen LogP contribution < -0.4 is 0 Å². The van der Waals surface area contributed by atoms with Gasteiger partial charge in [0.15, 0.2) is 0 Å². The first kappa shape index (κ1) is 13.1. The summed E-state index contributed by atoms with van der Waals surface area (Å²) in [6, 6.07) is 8.21. The molecule has 1 aliphatic rings. The van der Waals surface area contributed by atoms with Gasteiger partial charge in [-0.1, -0.05) is 28.1 Å². The van der Waals surface area contributed by atoms with Gasteiger partial charge in [0.25, 0.3) is 0 Å². The highest BCUT2D eigenvalue weighted by Crippen LogP contribution is 2.24. The van der Waals surface area contributed by atoms with Crippen molar-refractivity contribution in [2.75, 3.05) is 12.8 Å². The molecule has 1 atom stereocenters. The molecule has 0 unspecified atom stereocenters. The van der Waals surface area contributed by atoms with Crippen LogP contribution in [0.2, 0.25) is 0 Å². The topological polar surface area (TPSA) is 37.4 Å². The van der Waals surface area contributed by atoms with Crippen molar-refractivity contribution in [3.63, 3.8) is 0 Å². The summed E-state index contributed by atoms with van der Waals surface area (Å²) in [6.45, 7) is 0.667. The monoisotopic (exact) mass is 317 g/mol. The molecule has 0 amide bonds. The standard InChI is InChI=1S/C12H16BrNO2S/c1-17(15,16)14-8-2-3-12(14)9-10-4-6-11(13)7-5-10/h4-7,12H,2-3,8-9H2,1H3/t12-/m0/s1. The van der Waals surface area contributed by atoms with Crippen molar-refractivity contribution in [2.24, 2.45) is 0 Å². The van der Waals surface area contributed by atoms with E-state index < -0.39 is 10.0 Å². The third-order valence-electron chi connectivity index (χ3n) is 3.13. The van der Waals surface area contributed by atoms with Crippen LogP contribution in [0.5, 0.6) is 0 Å². The van der Waals surface area contributed by atoms with Gasteiger partial charge in [0.2, 0.25) is 10.0 Å². The van der Waals surface area contributed by atoms with Gasteiger partial charge in [0.1, 0.15) is 0 Å². The van der Waals surface area contributed by atoms with Crippen LogP contribution in [-0.4, -0.2) is 31.6 Å². The van der Waals surface area contributed by atoms with E-state index in [4.69, 9.17) is 0 Å². The highest BCUT2D eigenvalue weighted by atomic mass is 79.9. The van der Waals surface area contributed by atoms with E-state index in [2.05, 4.69) is 15.9 Å². The third-order valence-corrected chi connectivity index (χ3v) is 5.00. The Morgan fingerprint density at radius 1 is 1.35 bits per heavy atom. The van der Waals surface area contributed by atoms with Crippen LogP contribution in [0.3, 0.4) is 0 Å². The van der Waals surface area contributed by atoms with E-state index in [1.165, 1.54) is 11.8 Å². The Morgan fingerprint density at radius 3 is 2.59 bits per heavy atom. The predicted molar refractivity (Wildman–Crippen MR) is 72.4 cm³/mol. The van der Waals surface area contributed by atoms with Crippen molar-refractivity contribution >= 4 is 26.0 Å². The predicted octanol–water partition coefficient (Wildman–Crippen LogP) is 2.42. The van der Waals surface area contributed by atoms with Crippen molar-refractivity contribution in [3.05, 3.63) is 34.3 Å². The number of rotatable bonds is 3. The zero-order chi connectivity index (χ0) is 12.5. The first-order valence-electron chi connectivity index (χ1n) is 5.68. The molecule has 1 saturated heterocycles. The first-order chi connectivity index (χ1) is 7.97. The van der Waals surface area contributed by atoms with Crippen LogP contribution in [0.1, 0.15) is 18.4 Å². The molecule has 0 aromatic heterocycles. The minimum atomic E-state index is -3.06. The summed E-state index contributed by atoms with van der Waals surface area (Å²) < 4.78 is 25.9. The van der Waals surface area contributed by atoms with Gasteiger partial charge < -0.3 is 0 Å². The maximum Gasteiger partial charge on any atom is 0.211 e. The van der Waals surface area contributed by atoms with E-state index >= 15 is 0 Å². The first-order valence-corrected chi connectivity index (χ1v) is 8.32. The average Bonchev–Trinajstić information content (AvgIpc) is 2.69. The molecule has 3 nitrogen and oxygen atoms in total. The molecule has 1 aliphatic heterocycles. The molecule has 0 N–H and O–H groups in total. The molecule has 1 heterocycles. The molecule has 0 radical (unpaired) electrons. The van der Waals surface area contributed by atoms with Gasteiger partial charge in [-0.2, -0.15) is 4.31 Å². The summed E-state index contributed by atoms with van der Waals surface area (Å²) in [4.78, 5) is 0. The number of hydrogen-bond donors (Lipinski definition) is 0. The van der Waals surface area contributed by atoms with Gasteiger partial charge in [0, 0.05) is 17.1 Å². The molecule has 17 heavy (non-hydrogen) atoms. The lowest BCUT2D eigenvalue weighted by molar-refractivity contribution is 0.389. The van der Waals surface area contributed by atoms with Crippen LogP contribution in [-0.2, 0) is 16.4 Å². The van der Waals surface area contributed by atoms with Crippen LogP contribution >= 0.6 is 15.9 Å². The van der Waals surface area contributed by atoms with Crippen molar-refractivity contribution in [2.45, 2.75) is 25.3 Å². The second kappa shape index (κ2) is 5.08. The highest BCUT2D eigenvalue weighted by molar-refractivity contribution is 9.10. The van der Waals surface area contributed by atoms with Gasteiger partial charge in [0.05, 0.1) is 6.26 Å². The van der Waals surface area contributed by atoms with Gasteiger partial charge in [-0.25, -0.2) is 8.42 Å². The largest absolute Gasteiger partial charge is 0.212 e. The van der Waals surface area contributed by atoms with E-state index in [9.17, 15) is 8.42 Å². The lowest BCUT2D eigenvalue weighted by Gasteiger charge is -2.22. The fraction of sp³-hybridized carbons (Fsp3) is 0.500. The Balaban J connectivity index is 2.11. The maximum atomic E-state index is 11.6. The Hall–Kier alpha value is -0.390. The fourth-order valence-corrected chi connectivity index (χ4v) is 3.79. The van der Waals surface area contributed by atoms with E-state index in [0.717, 1.165) is 23.7 Å².